The van der Waals surface area contributed by atoms with Gasteiger partial charge in [-0.15, -0.1) is 0 Å². The maximum atomic E-state index is 12.2. The van der Waals surface area contributed by atoms with Gasteiger partial charge in [-0.05, 0) is 29.7 Å². The van der Waals surface area contributed by atoms with E-state index in [-0.39, 0.29) is 11.4 Å². The minimum atomic E-state index is -3.51. The van der Waals surface area contributed by atoms with Gasteiger partial charge in [0.2, 0.25) is 15.9 Å². The van der Waals surface area contributed by atoms with Crippen molar-refractivity contribution in [1.29, 1.82) is 0 Å². The first kappa shape index (κ1) is 16.5. The monoisotopic (exact) mass is 320 g/mol. The molecule has 1 heterocycles. The molecule has 0 radical (unpaired) electrons. The quantitative estimate of drug-likeness (QED) is 0.851. The van der Waals surface area contributed by atoms with E-state index in [9.17, 15) is 8.42 Å². The fourth-order valence-corrected chi connectivity index (χ4v) is 3.04. The third kappa shape index (κ3) is 4.29. The highest BCUT2D eigenvalue weighted by atomic mass is 32.2. The summed E-state index contributed by atoms with van der Waals surface area (Å²) in [6.07, 6.45) is 3.58. The van der Waals surface area contributed by atoms with E-state index in [0.29, 0.717) is 5.88 Å². The van der Waals surface area contributed by atoms with Crippen LogP contribution in [0.3, 0.4) is 0 Å². The molecule has 0 aliphatic carbocycles. The Morgan fingerprint density at radius 3 is 2.32 bits per heavy atom. The van der Waals surface area contributed by atoms with Crippen molar-refractivity contribution in [1.82, 2.24) is 9.71 Å². The molecular weight excluding hydrogens is 300 g/mol. The maximum absolute atomic E-state index is 12.2. The molecule has 0 spiro atoms. The highest BCUT2D eigenvalue weighted by Gasteiger charge is 2.13. The van der Waals surface area contributed by atoms with Crippen LogP contribution in [0.25, 0.3) is 0 Å². The van der Waals surface area contributed by atoms with Gasteiger partial charge in [-0.3, -0.25) is 0 Å². The topological polar surface area (TPSA) is 68.3 Å². The smallest absolute Gasteiger partial charge is 0.240 e. The van der Waals surface area contributed by atoms with Crippen molar-refractivity contribution in [2.75, 3.05) is 7.11 Å². The minimum Gasteiger partial charge on any atom is -0.481 e. The maximum Gasteiger partial charge on any atom is 0.240 e. The Labute approximate surface area is 131 Å². The molecule has 0 fully saturated rings. The van der Waals surface area contributed by atoms with Gasteiger partial charge in [0.1, 0.15) is 0 Å². The van der Waals surface area contributed by atoms with Crippen LogP contribution in [0.5, 0.6) is 5.88 Å². The van der Waals surface area contributed by atoms with Crippen molar-refractivity contribution < 1.29 is 13.2 Å². The van der Waals surface area contributed by atoms with Crippen molar-refractivity contribution in [3.63, 3.8) is 0 Å². The lowest BCUT2D eigenvalue weighted by Gasteiger charge is -2.08. The van der Waals surface area contributed by atoms with Crippen LogP contribution < -0.4 is 9.46 Å². The number of rotatable bonds is 7. The third-order valence-electron chi connectivity index (χ3n) is 3.25. The lowest BCUT2D eigenvalue weighted by Crippen LogP contribution is -2.23. The van der Waals surface area contributed by atoms with Gasteiger partial charge >= 0.3 is 0 Å². The lowest BCUT2D eigenvalue weighted by molar-refractivity contribution is 0.397. The van der Waals surface area contributed by atoms with E-state index in [2.05, 4.69) is 16.6 Å². The van der Waals surface area contributed by atoms with Gasteiger partial charge in [-0.2, -0.15) is 0 Å². The van der Waals surface area contributed by atoms with E-state index in [1.54, 1.807) is 30.5 Å². The highest BCUT2D eigenvalue weighted by Crippen LogP contribution is 2.13. The molecule has 0 amide bonds. The number of hydrogen-bond donors (Lipinski definition) is 1. The number of hydrogen-bond acceptors (Lipinski definition) is 4. The van der Waals surface area contributed by atoms with Crippen LogP contribution in [0.4, 0.5) is 0 Å². The summed E-state index contributed by atoms with van der Waals surface area (Å²) < 4.78 is 32.0. The molecule has 0 unspecified atom stereocenters. The lowest BCUT2D eigenvalue weighted by atomic mass is 10.1. The predicted octanol–water partition coefficient (Wildman–Crippen LogP) is 2.52. The van der Waals surface area contributed by atoms with Crippen LogP contribution in [0, 0.1) is 0 Å². The van der Waals surface area contributed by atoms with Gasteiger partial charge < -0.3 is 4.74 Å². The van der Waals surface area contributed by atoms with E-state index in [0.717, 1.165) is 24.0 Å². The second-order valence-electron chi connectivity index (χ2n) is 4.93. The van der Waals surface area contributed by atoms with Gasteiger partial charge in [-0.1, -0.05) is 31.5 Å². The van der Waals surface area contributed by atoms with E-state index in [1.807, 2.05) is 12.1 Å². The van der Waals surface area contributed by atoms with Crippen molar-refractivity contribution in [3.8, 4) is 5.88 Å². The van der Waals surface area contributed by atoms with Crippen LogP contribution in [-0.2, 0) is 23.0 Å². The molecule has 1 aromatic heterocycles. The summed E-state index contributed by atoms with van der Waals surface area (Å²) in [5.74, 6) is 0.498. The normalized spacial score (nSPS) is 11.4. The predicted molar refractivity (Wildman–Crippen MR) is 85.3 cm³/mol. The second-order valence-corrected chi connectivity index (χ2v) is 6.69. The van der Waals surface area contributed by atoms with Crippen molar-refractivity contribution >= 4 is 10.0 Å². The number of benzene rings is 1. The number of ether oxygens (including phenoxy) is 1. The fourth-order valence-electron chi connectivity index (χ4n) is 2.02. The molecule has 1 N–H and O–H groups in total. The van der Waals surface area contributed by atoms with Crippen LogP contribution in [0.15, 0.2) is 47.5 Å². The van der Waals surface area contributed by atoms with Crippen LogP contribution in [-0.4, -0.2) is 20.5 Å². The van der Waals surface area contributed by atoms with Gasteiger partial charge in [0.05, 0.1) is 12.0 Å². The van der Waals surface area contributed by atoms with Gasteiger partial charge in [0, 0.05) is 18.8 Å². The Bertz CT molecular complexity index is 695. The molecule has 1 aromatic carbocycles. The first-order valence-corrected chi connectivity index (χ1v) is 8.61. The molecule has 0 saturated carbocycles. The van der Waals surface area contributed by atoms with E-state index >= 15 is 0 Å². The zero-order valence-corrected chi connectivity index (χ0v) is 13.6. The largest absolute Gasteiger partial charge is 0.481 e. The zero-order chi connectivity index (χ0) is 16.0. The number of nitrogens with one attached hydrogen (secondary N) is 1. The van der Waals surface area contributed by atoms with E-state index in [1.165, 1.54) is 7.11 Å². The number of aryl methyl sites for hydroxylation is 1. The molecule has 5 nitrogen and oxygen atoms in total. The summed E-state index contributed by atoms with van der Waals surface area (Å²) in [5.41, 5.74) is 1.91. The third-order valence-corrected chi connectivity index (χ3v) is 4.66. The fraction of sp³-hybridized carbons (Fsp3) is 0.312. The molecule has 0 aliphatic heterocycles. The van der Waals surface area contributed by atoms with Crippen molar-refractivity contribution in [2.24, 2.45) is 0 Å². The summed E-state index contributed by atoms with van der Waals surface area (Å²) in [4.78, 5) is 4.32. The molecule has 0 bridgehead atoms. The molecule has 2 aromatic rings. The average molecular weight is 320 g/mol. The van der Waals surface area contributed by atoms with Crippen LogP contribution in [0.2, 0.25) is 0 Å². The van der Waals surface area contributed by atoms with Gasteiger partial charge in [0.15, 0.2) is 0 Å². The Balaban J connectivity index is 2.03. The number of aromatic nitrogens is 1. The summed E-state index contributed by atoms with van der Waals surface area (Å²) >= 11 is 0. The highest BCUT2D eigenvalue weighted by molar-refractivity contribution is 7.89. The SMILES string of the molecule is CCCc1ccc(S(=O)(=O)NCc2ccc(OC)nc2)cc1. The summed E-state index contributed by atoms with van der Waals surface area (Å²) in [6.45, 7) is 2.28. The number of sulfonamides is 1. The Kier molecular flexibility index (Phi) is 5.51. The first-order valence-electron chi connectivity index (χ1n) is 7.12. The average Bonchev–Trinajstić information content (AvgIpc) is 2.54. The van der Waals surface area contributed by atoms with Crippen molar-refractivity contribution in [3.05, 3.63) is 53.7 Å². The Morgan fingerprint density at radius 2 is 1.77 bits per heavy atom. The molecule has 2 rings (SSSR count). The summed E-state index contributed by atoms with van der Waals surface area (Å²) in [5, 5.41) is 0. The first-order chi connectivity index (χ1) is 10.5. The number of methoxy groups -OCH3 is 1. The van der Waals surface area contributed by atoms with Gasteiger partial charge in [-0.25, -0.2) is 18.1 Å². The minimum absolute atomic E-state index is 0.191. The molecule has 6 heteroatoms. The van der Waals surface area contributed by atoms with E-state index in [4.69, 9.17) is 4.74 Å². The molecular formula is C16H20N2O3S. The molecule has 22 heavy (non-hydrogen) atoms. The summed E-state index contributed by atoms with van der Waals surface area (Å²) in [7, 11) is -1.98. The number of pyridine rings is 1. The zero-order valence-electron chi connectivity index (χ0n) is 12.7. The Morgan fingerprint density at radius 1 is 1.09 bits per heavy atom. The summed E-state index contributed by atoms with van der Waals surface area (Å²) in [6, 6.07) is 10.5. The Hall–Kier alpha value is -1.92. The second kappa shape index (κ2) is 7.38. The molecule has 0 aliphatic rings. The van der Waals surface area contributed by atoms with Crippen LogP contribution in [0.1, 0.15) is 24.5 Å². The molecule has 118 valence electrons. The van der Waals surface area contributed by atoms with Gasteiger partial charge in [0.25, 0.3) is 0 Å². The van der Waals surface area contributed by atoms with Crippen molar-refractivity contribution in [2.45, 2.75) is 31.2 Å². The number of nitrogens with zero attached hydrogens (tertiary/aromatic N) is 1. The standard InChI is InChI=1S/C16H20N2O3S/c1-3-4-13-5-8-15(9-6-13)22(19,20)18-12-14-7-10-16(21-2)17-11-14/h5-11,18H,3-4,12H2,1-2H3. The van der Waals surface area contributed by atoms with Crippen LogP contribution >= 0.6 is 0 Å². The van der Waals surface area contributed by atoms with E-state index < -0.39 is 10.0 Å². The molecule has 0 saturated heterocycles. The molecule has 0 atom stereocenters.